The molecule has 0 radical (unpaired) electrons. The van der Waals surface area contributed by atoms with Crippen molar-refractivity contribution in [3.8, 4) is 17.2 Å². The van der Waals surface area contributed by atoms with Crippen LogP contribution < -0.4 is 66.1 Å². The maximum absolute atomic E-state index is 13.2. The van der Waals surface area contributed by atoms with E-state index in [0.29, 0.717) is 16.9 Å². The summed E-state index contributed by atoms with van der Waals surface area (Å²) in [6, 6.07) is 19.5. The molecule has 1 atom stereocenters. The fourth-order valence-corrected chi connectivity index (χ4v) is 5.87. The second kappa shape index (κ2) is 9.94. The van der Waals surface area contributed by atoms with Crippen LogP contribution >= 0.6 is 46.4 Å². The van der Waals surface area contributed by atoms with Crippen molar-refractivity contribution in [3.05, 3.63) is 109 Å². The third kappa shape index (κ3) is 4.01. The van der Waals surface area contributed by atoms with Gasteiger partial charge in [0, 0.05) is 41.2 Å². The Hall–Kier alpha value is -1.45. The summed E-state index contributed by atoms with van der Waals surface area (Å²) in [5.41, 5.74) is 1.40. The normalized spacial score (nSPS) is 16.7. The fraction of sp³-hybridized carbons (Fsp3) is 0.0741. The van der Waals surface area contributed by atoms with Crippen molar-refractivity contribution in [1.29, 1.82) is 0 Å². The van der Waals surface area contributed by atoms with Crippen molar-refractivity contribution in [2.75, 3.05) is 11.9 Å². The van der Waals surface area contributed by atoms with Gasteiger partial charge < -0.3 is 19.5 Å². The van der Waals surface area contributed by atoms with Crippen molar-refractivity contribution >= 4 is 63.7 Å². The third-order valence-electron chi connectivity index (χ3n) is 6.50. The molecule has 180 valence electrons. The summed E-state index contributed by atoms with van der Waals surface area (Å²) in [6.07, 6.45) is 0. The number of benzene rings is 4. The van der Waals surface area contributed by atoms with Crippen LogP contribution in [-0.2, 0) is 10.3 Å². The number of nitrogens with zero attached hydrogens (tertiary/aromatic N) is 1. The van der Waals surface area contributed by atoms with Crippen LogP contribution in [0.4, 0.5) is 11.4 Å². The van der Waals surface area contributed by atoms with Gasteiger partial charge in [0.2, 0.25) is 0 Å². The molecule has 0 aliphatic carbocycles. The van der Waals surface area contributed by atoms with Crippen molar-refractivity contribution < 1.29 is 70.8 Å². The maximum atomic E-state index is 13.2. The number of halogens is 4. The molecule has 2 aliphatic heterocycles. The van der Waals surface area contributed by atoms with Crippen LogP contribution in [0, 0.1) is 0 Å². The van der Waals surface area contributed by atoms with Crippen LogP contribution in [0.5, 0.6) is 17.2 Å². The molecular weight excluding hydrogens is 583 g/mol. The van der Waals surface area contributed by atoms with Crippen molar-refractivity contribution in [2.24, 2.45) is 0 Å². The van der Waals surface area contributed by atoms with E-state index < -0.39 is 11.6 Å². The minimum atomic E-state index is -1.55. The summed E-state index contributed by atoms with van der Waals surface area (Å²) in [4.78, 5) is 15.2. The molecule has 5 nitrogen and oxygen atoms in total. The molecule has 2 aliphatic rings. The van der Waals surface area contributed by atoms with Gasteiger partial charge in [0.15, 0.2) is 5.60 Å². The van der Waals surface area contributed by atoms with E-state index in [1.165, 1.54) is 12.1 Å². The van der Waals surface area contributed by atoms with Gasteiger partial charge in [0.25, 0.3) is 0 Å². The number of fused-ring (bicyclic) bond motifs is 6. The Bertz CT molecular complexity index is 1600. The molecule has 0 bridgehead atoms. The van der Waals surface area contributed by atoms with Crippen molar-refractivity contribution in [3.63, 3.8) is 0 Å². The second-order valence-electron chi connectivity index (χ2n) is 8.41. The van der Waals surface area contributed by atoms with Gasteiger partial charge in [-0.15, -0.1) is 5.75 Å². The first kappa shape index (κ1) is 27.1. The van der Waals surface area contributed by atoms with Gasteiger partial charge >= 0.3 is 57.4 Å². The first-order valence-electron chi connectivity index (χ1n) is 10.8. The number of hydrogen-bond donors (Lipinski definition) is 0. The topological polar surface area (TPSA) is 61.8 Å². The van der Waals surface area contributed by atoms with E-state index in [-0.39, 0.29) is 94.1 Å². The fourth-order valence-electron chi connectivity index (χ4n) is 4.81. The quantitative estimate of drug-likeness (QED) is 0.145. The molecule has 0 N–H and O–H groups in total. The largest absolute Gasteiger partial charge is 1.00 e. The van der Waals surface area contributed by atoms with Gasteiger partial charge in [0.1, 0.15) is 11.5 Å². The summed E-state index contributed by atoms with van der Waals surface area (Å²) < 4.78 is 12.3. The minimum absolute atomic E-state index is 0. The Morgan fingerprint density at radius 1 is 0.784 bits per heavy atom. The van der Waals surface area contributed by atoms with E-state index >= 15 is 0 Å². The van der Waals surface area contributed by atoms with Gasteiger partial charge in [-0.05, 0) is 30.3 Å². The van der Waals surface area contributed by atoms with E-state index in [4.69, 9.17) is 55.9 Å². The van der Waals surface area contributed by atoms with Crippen LogP contribution in [0.15, 0.2) is 66.7 Å². The molecule has 1 spiro atoms. The molecule has 10 heteroatoms. The summed E-state index contributed by atoms with van der Waals surface area (Å²) in [5, 5.41) is 12.2. The van der Waals surface area contributed by atoms with Gasteiger partial charge in [0.05, 0.1) is 25.7 Å². The van der Waals surface area contributed by atoms with Crippen LogP contribution in [0.2, 0.25) is 20.1 Å². The smallest absolute Gasteiger partial charge is 0.872 e. The Balaban J connectivity index is 0.00000280. The summed E-state index contributed by atoms with van der Waals surface area (Å²) in [7, 11) is 1.92. The van der Waals surface area contributed by atoms with E-state index in [0.717, 1.165) is 11.4 Å². The number of anilines is 2. The molecule has 0 fully saturated rings. The number of rotatable bonds is 2. The molecule has 0 aromatic heterocycles. The standard InChI is InChI=1S/C27H15Cl4NO4.K/c1-32(13-5-3-2-4-6-13)14-7-9-16-18(11-14)35-19-12-15(33)8-10-17(19)27(16)21-20(26(34)36-27)22(28)24(30)25(31)23(21)29;/h2-12,33H,1H3;/q;+1/p-1. The van der Waals surface area contributed by atoms with Crippen LogP contribution in [0.1, 0.15) is 27.0 Å². The molecule has 0 saturated carbocycles. The van der Waals surface area contributed by atoms with Crippen LogP contribution in [0.25, 0.3) is 0 Å². The zero-order valence-electron chi connectivity index (χ0n) is 19.4. The second-order valence-corrected chi connectivity index (χ2v) is 9.92. The Morgan fingerprint density at radius 3 is 2.11 bits per heavy atom. The molecule has 2 heterocycles. The number of hydrogen-bond acceptors (Lipinski definition) is 5. The molecule has 6 rings (SSSR count). The monoisotopic (exact) mass is 595 g/mol. The Kier molecular flexibility index (Phi) is 7.29. The van der Waals surface area contributed by atoms with E-state index in [2.05, 4.69) is 0 Å². The Labute approximate surface area is 275 Å². The summed E-state index contributed by atoms with van der Waals surface area (Å²) >= 11 is 25.9. The van der Waals surface area contributed by atoms with Crippen LogP contribution in [0.3, 0.4) is 0 Å². The predicted molar refractivity (Wildman–Crippen MR) is 139 cm³/mol. The van der Waals surface area contributed by atoms with E-state index in [1.54, 1.807) is 12.1 Å². The molecule has 37 heavy (non-hydrogen) atoms. The molecule has 4 aromatic rings. The summed E-state index contributed by atoms with van der Waals surface area (Å²) in [6.45, 7) is 0. The van der Waals surface area contributed by atoms with E-state index in [9.17, 15) is 9.90 Å². The molecule has 4 aromatic carbocycles. The van der Waals surface area contributed by atoms with Gasteiger partial charge in [-0.25, -0.2) is 4.79 Å². The van der Waals surface area contributed by atoms with Crippen molar-refractivity contribution in [1.82, 2.24) is 0 Å². The van der Waals surface area contributed by atoms with E-state index in [1.807, 2.05) is 54.4 Å². The Morgan fingerprint density at radius 2 is 1.41 bits per heavy atom. The first-order valence-corrected chi connectivity index (χ1v) is 12.3. The van der Waals surface area contributed by atoms with Crippen LogP contribution in [-0.4, -0.2) is 13.0 Å². The minimum Gasteiger partial charge on any atom is -0.872 e. The number of esters is 1. The first-order chi connectivity index (χ1) is 17.2. The average Bonchev–Trinajstić information content (AvgIpc) is 3.19. The summed E-state index contributed by atoms with van der Waals surface area (Å²) in [5.74, 6) is -0.376. The zero-order valence-corrected chi connectivity index (χ0v) is 25.6. The zero-order chi connectivity index (χ0) is 25.4. The van der Waals surface area contributed by atoms with Gasteiger partial charge in [-0.2, -0.15) is 0 Å². The molecular formula is C27H14Cl4KNO4. The SMILES string of the molecule is CN(c1ccccc1)c1ccc2c(c1)Oc1cc([O-])ccc1C21OC(=O)c2c(Cl)c(Cl)c(Cl)c(Cl)c21.[K+]. The third-order valence-corrected chi connectivity index (χ3v) is 8.30. The van der Waals surface area contributed by atoms with Gasteiger partial charge in [-0.1, -0.05) is 76.7 Å². The molecule has 0 amide bonds. The van der Waals surface area contributed by atoms with Gasteiger partial charge in [-0.3, -0.25) is 0 Å². The number of para-hydroxylation sites is 1. The predicted octanol–water partition coefficient (Wildman–Crippen LogP) is 4.71. The molecule has 0 saturated heterocycles. The number of carbonyl (C=O) groups is 1. The average molecular weight is 597 g/mol. The number of carbonyl (C=O) groups excluding carboxylic acids is 1. The van der Waals surface area contributed by atoms with Crippen molar-refractivity contribution in [2.45, 2.75) is 5.60 Å². The molecule has 1 unspecified atom stereocenters. The number of ether oxygens (including phenoxy) is 2. The maximum Gasteiger partial charge on any atom is 1.00 e.